The van der Waals surface area contributed by atoms with E-state index in [0.717, 1.165) is 22.3 Å². The van der Waals surface area contributed by atoms with E-state index in [0.29, 0.717) is 22.2 Å². The van der Waals surface area contributed by atoms with Crippen molar-refractivity contribution in [3.63, 3.8) is 0 Å². The predicted molar refractivity (Wildman–Crippen MR) is 108 cm³/mol. The average molecular weight is 404 g/mol. The highest BCUT2D eigenvalue weighted by molar-refractivity contribution is 5.79. The van der Waals surface area contributed by atoms with Gasteiger partial charge in [0, 0.05) is 17.7 Å². The third-order valence-corrected chi connectivity index (χ3v) is 5.81. The van der Waals surface area contributed by atoms with Crippen LogP contribution in [0, 0.1) is 32.0 Å². The fourth-order valence-corrected chi connectivity index (χ4v) is 3.77. The molecular weight excluding hydrogens is 378 g/mol. The van der Waals surface area contributed by atoms with Gasteiger partial charge in [0.25, 0.3) is 0 Å². The minimum Gasteiger partial charge on any atom is -0.206 e. The van der Waals surface area contributed by atoms with Crippen molar-refractivity contribution in [2.24, 2.45) is 12.5 Å². The summed E-state index contributed by atoms with van der Waals surface area (Å²) < 4.78 is 56.7. The molecule has 0 aliphatic heterocycles. The molecule has 3 rings (SSSR count). The van der Waals surface area contributed by atoms with Crippen LogP contribution in [0.5, 0.6) is 0 Å². The van der Waals surface area contributed by atoms with E-state index in [9.17, 15) is 17.6 Å². The van der Waals surface area contributed by atoms with Crippen LogP contribution in [0.25, 0.3) is 22.2 Å². The molecule has 0 saturated carbocycles. The zero-order valence-corrected chi connectivity index (χ0v) is 17.6. The second-order valence-electron chi connectivity index (χ2n) is 8.60. The number of aryl methyl sites for hydroxylation is 3. The molecule has 0 aliphatic rings. The molecule has 0 atom stereocenters. The maximum Gasteiger partial charge on any atom is 0.394 e. The van der Waals surface area contributed by atoms with Crippen LogP contribution in [0.15, 0.2) is 36.4 Å². The van der Waals surface area contributed by atoms with E-state index in [1.165, 1.54) is 19.9 Å². The van der Waals surface area contributed by atoms with Crippen molar-refractivity contribution in [1.29, 1.82) is 0 Å². The van der Waals surface area contributed by atoms with Crippen LogP contribution < -0.4 is 4.57 Å². The van der Waals surface area contributed by atoms with E-state index in [-0.39, 0.29) is 12.2 Å². The summed E-state index contributed by atoms with van der Waals surface area (Å²) in [5.74, 6) is -0.381. The molecule has 0 unspecified atom stereocenters. The Labute approximate surface area is 169 Å². The first kappa shape index (κ1) is 21.3. The van der Waals surface area contributed by atoms with Crippen molar-refractivity contribution in [2.75, 3.05) is 0 Å². The third-order valence-electron chi connectivity index (χ3n) is 5.81. The van der Waals surface area contributed by atoms with E-state index in [1.807, 2.05) is 38.5 Å². The topological polar surface area (TPSA) is 3.88 Å². The molecule has 0 aliphatic carbocycles. The van der Waals surface area contributed by atoms with Gasteiger partial charge in [-0.15, -0.1) is 0 Å². The standard InChI is InChI=1S/C24H26F4N/c1-14-9-15(2)16(3)19(10-14)22-12-20(25)18-8-7-17(11-21(18)29(22)6)13-23(4,5)24(26,27)28/h7-12H,13H2,1-6H3/q+1. The van der Waals surface area contributed by atoms with Crippen LogP contribution in [-0.2, 0) is 13.5 Å². The molecule has 5 heteroatoms. The summed E-state index contributed by atoms with van der Waals surface area (Å²) in [5, 5.41) is 0.395. The number of pyridine rings is 1. The summed E-state index contributed by atoms with van der Waals surface area (Å²) >= 11 is 0. The number of benzene rings is 2. The van der Waals surface area contributed by atoms with Crippen LogP contribution in [0.3, 0.4) is 0 Å². The third kappa shape index (κ3) is 3.87. The van der Waals surface area contributed by atoms with Crippen LogP contribution in [-0.4, -0.2) is 6.18 Å². The minimum atomic E-state index is -4.31. The van der Waals surface area contributed by atoms with Gasteiger partial charge in [-0.25, -0.2) is 4.39 Å². The first-order valence-electron chi connectivity index (χ1n) is 9.58. The molecule has 0 N–H and O–H groups in total. The molecule has 0 radical (unpaired) electrons. The minimum absolute atomic E-state index is 0.166. The molecule has 0 fully saturated rings. The van der Waals surface area contributed by atoms with Gasteiger partial charge >= 0.3 is 6.18 Å². The van der Waals surface area contributed by atoms with Crippen LogP contribution in [0.4, 0.5) is 17.6 Å². The summed E-state index contributed by atoms with van der Waals surface area (Å²) in [6.45, 7) is 8.37. The molecule has 0 spiro atoms. The number of fused-ring (bicyclic) bond motifs is 1. The number of halogens is 4. The molecular formula is C24H26F4N+. The Hall–Kier alpha value is -2.43. The van der Waals surface area contributed by atoms with Gasteiger partial charge in [0.2, 0.25) is 11.2 Å². The van der Waals surface area contributed by atoms with Gasteiger partial charge in [-0.3, -0.25) is 0 Å². The van der Waals surface area contributed by atoms with E-state index in [4.69, 9.17) is 0 Å². The van der Waals surface area contributed by atoms with Gasteiger partial charge in [0.05, 0.1) is 10.8 Å². The molecule has 154 valence electrons. The highest BCUT2D eigenvalue weighted by atomic mass is 19.4. The lowest BCUT2D eigenvalue weighted by Crippen LogP contribution is -2.35. The number of rotatable bonds is 3. The summed E-state index contributed by atoms with van der Waals surface area (Å²) in [6.07, 6.45) is -4.48. The molecule has 3 aromatic rings. The first-order valence-corrected chi connectivity index (χ1v) is 9.58. The van der Waals surface area contributed by atoms with Crippen molar-refractivity contribution in [3.05, 3.63) is 64.5 Å². The highest BCUT2D eigenvalue weighted by Gasteiger charge is 2.47. The zero-order valence-electron chi connectivity index (χ0n) is 17.6. The number of nitrogens with zero attached hydrogens (tertiary/aromatic N) is 1. The maximum atomic E-state index is 14.9. The number of alkyl halides is 3. The van der Waals surface area contributed by atoms with Gasteiger partial charge in [0.15, 0.2) is 0 Å². The molecule has 29 heavy (non-hydrogen) atoms. The SMILES string of the molecule is Cc1cc(C)c(C)c(-c2cc(F)c3ccc(CC(C)(C)C(F)(F)F)cc3[n+]2C)c1. The smallest absolute Gasteiger partial charge is 0.206 e. The van der Waals surface area contributed by atoms with Gasteiger partial charge in [0.1, 0.15) is 12.9 Å². The molecule has 1 nitrogen and oxygen atoms in total. The average Bonchev–Trinajstić information content (AvgIpc) is 2.60. The lowest BCUT2D eigenvalue weighted by molar-refractivity contribution is -0.633. The molecule has 1 aromatic heterocycles. The lowest BCUT2D eigenvalue weighted by Gasteiger charge is -2.27. The van der Waals surface area contributed by atoms with Gasteiger partial charge in [-0.2, -0.15) is 17.7 Å². The Balaban J connectivity index is 2.20. The Morgan fingerprint density at radius 1 is 0.931 bits per heavy atom. The number of hydrogen-bond donors (Lipinski definition) is 0. The van der Waals surface area contributed by atoms with E-state index in [2.05, 4.69) is 6.07 Å². The van der Waals surface area contributed by atoms with Gasteiger partial charge < -0.3 is 0 Å². The Kier molecular flexibility index (Phi) is 5.22. The highest BCUT2D eigenvalue weighted by Crippen LogP contribution is 2.40. The summed E-state index contributed by atoms with van der Waals surface area (Å²) in [5.41, 5.74) is 4.11. The van der Waals surface area contributed by atoms with Crippen molar-refractivity contribution < 1.29 is 22.1 Å². The van der Waals surface area contributed by atoms with E-state index in [1.54, 1.807) is 18.2 Å². The van der Waals surface area contributed by atoms with Crippen molar-refractivity contribution in [3.8, 4) is 11.3 Å². The zero-order chi connectivity index (χ0) is 21.7. The second kappa shape index (κ2) is 7.12. The Morgan fingerprint density at radius 2 is 1.59 bits per heavy atom. The molecule has 0 saturated heterocycles. The molecule has 2 aromatic carbocycles. The molecule has 0 bridgehead atoms. The fourth-order valence-electron chi connectivity index (χ4n) is 3.77. The Morgan fingerprint density at radius 3 is 2.21 bits per heavy atom. The second-order valence-corrected chi connectivity index (χ2v) is 8.60. The predicted octanol–water partition coefficient (Wildman–Crippen LogP) is 6.53. The molecule has 0 amide bonds. The van der Waals surface area contributed by atoms with Crippen molar-refractivity contribution >= 4 is 10.9 Å². The van der Waals surface area contributed by atoms with E-state index < -0.39 is 11.6 Å². The summed E-state index contributed by atoms with van der Waals surface area (Å²) in [7, 11) is 1.83. The maximum absolute atomic E-state index is 14.9. The number of hydrogen-bond acceptors (Lipinski definition) is 0. The van der Waals surface area contributed by atoms with Crippen LogP contribution in [0.1, 0.15) is 36.1 Å². The van der Waals surface area contributed by atoms with Crippen molar-refractivity contribution in [2.45, 2.75) is 47.2 Å². The Bertz CT molecular complexity index is 1090. The van der Waals surface area contributed by atoms with Gasteiger partial charge in [-0.1, -0.05) is 31.5 Å². The fraction of sp³-hybridized carbons (Fsp3) is 0.375. The largest absolute Gasteiger partial charge is 0.394 e. The summed E-state index contributed by atoms with van der Waals surface area (Å²) in [4.78, 5) is 0. The normalized spacial score (nSPS) is 12.6. The lowest BCUT2D eigenvalue weighted by atomic mass is 9.85. The molecule has 1 heterocycles. The quantitative estimate of drug-likeness (QED) is 0.345. The van der Waals surface area contributed by atoms with Crippen LogP contribution >= 0.6 is 0 Å². The van der Waals surface area contributed by atoms with Crippen molar-refractivity contribution in [1.82, 2.24) is 0 Å². The number of aromatic nitrogens is 1. The summed E-state index contributed by atoms with van der Waals surface area (Å²) in [6, 6.07) is 10.4. The van der Waals surface area contributed by atoms with Crippen LogP contribution in [0.2, 0.25) is 0 Å². The first-order chi connectivity index (χ1) is 13.3. The van der Waals surface area contributed by atoms with Gasteiger partial charge in [-0.05, 0) is 56.0 Å². The monoisotopic (exact) mass is 404 g/mol. The van der Waals surface area contributed by atoms with E-state index >= 15 is 0 Å².